The van der Waals surface area contributed by atoms with Crippen LogP contribution in [0.15, 0.2) is 29.8 Å². The summed E-state index contributed by atoms with van der Waals surface area (Å²) in [6, 6.07) is 8.87. The summed E-state index contributed by atoms with van der Waals surface area (Å²) >= 11 is 0. The normalized spacial score (nSPS) is 12.5. The van der Waals surface area contributed by atoms with E-state index in [1.54, 1.807) is 0 Å². The molecule has 0 spiro atoms. The fourth-order valence-corrected chi connectivity index (χ4v) is 1.87. The Morgan fingerprint density at radius 3 is 2.22 bits per heavy atom. The Labute approximate surface area is 112 Å². The van der Waals surface area contributed by atoms with Crippen LogP contribution >= 0.6 is 0 Å². The first-order valence-electron chi connectivity index (χ1n) is 6.97. The maximum absolute atomic E-state index is 3.47. The second-order valence-corrected chi connectivity index (χ2v) is 5.84. The average molecular weight is 245 g/mol. The lowest BCUT2D eigenvalue weighted by Crippen LogP contribution is -2.21. The average Bonchev–Trinajstić information content (AvgIpc) is 2.29. The number of nitrogens with one attached hydrogen (secondary N) is 1. The van der Waals surface area contributed by atoms with Crippen molar-refractivity contribution in [1.29, 1.82) is 0 Å². The summed E-state index contributed by atoms with van der Waals surface area (Å²) in [6.45, 7) is 13.2. The molecule has 0 amide bonds. The van der Waals surface area contributed by atoms with Gasteiger partial charge in [-0.2, -0.15) is 0 Å². The molecule has 0 aliphatic carbocycles. The maximum atomic E-state index is 3.47. The molecule has 0 saturated heterocycles. The van der Waals surface area contributed by atoms with Crippen LogP contribution in [0.3, 0.4) is 0 Å². The molecule has 0 fully saturated rings. The van der Waals surface area contributed by atoms with E-state index in [4.69, 9.17) is 0 Å². The molecule has 0 saturated carbocycles. The summed E-state index contributed by atoms with van der Waals surface area (Å²) in [6.07, 6.45) is 2.26. The van der Waals surface area contributed by atoms with Crippen LogP contribution in [-0.2, 0) is 0 Å². The molecular formula is C17H27N. The molecule has 1 aromatic carbocycles. The van der Waals surface area contributed by atoms with E-state index in [0.717, 1.165) is 13.1 Å². The zero-order chi connectivity index (χ0) is 13.5. The standard InChI is InChI=1S/C17H27N/c1-13(2)11-18-12-15(5)10-16-6-8-17(9-7-16)14(3)4/h6-10,13-14,18H,11-12H2,1-5H3. The van der Waals surface area contributed by atoms with Crippen molar-refractivity contribution in [3.63, 3.8) is 0 Å². The summed E-state index contributed by atoms with van der Waals surface area (Å²) in [5.74, 6) is 1.32. The predicted octanol–water partition coefficient (Wildman–Crippen LogP) is 4.46. The van der Waals surface area contributed by atoms with Crippen LogP contribution in [0.2, 0.25) is 0 Å². The second-order valence-electron chi connectivity index (χ2n) is 5.84. The monoisotopic (exact) mass is 245 g/mol. The van der Waals surface area contributed by atoms with E-state index in [9.17, 15) is 0 Å². The van der Waals surface area contributed by atoms with Crippen molar-refractivity contribution in [1.82, 2.24) is 5.32 Å². The first kappa shape index (κ1) is 15.0. The van der Waals surface area contributed by atoms with Crippen LogP contribution in [0.5, 0.6) is 0 Å². The highest BCUT2D eigenvalue weighted by atomic mass is 14.8. The van der Waals surface area contributed by atoms with Crippen molar-refractivity contribution in [3.8, 4) is 0 Å². The molecule has 1 rings (SSSR count). The first-order chi connectivity index (χ1) is 8.49. The summed E-state index contributed by atoms with van der Waals surface area (Å²) < 4.78 is 0. The lowest BCUT2D eigenvalue weighted by atomic mass is 10.0. The fourth-order valence-electron chi connectivity index (χ4n) is 1.87. The minimum absolute atomic E-state index is 0.608. The van der Waals surface area contributed by atoms with Crippen LogP contribution in [0, 0.1) is 5.92 Å². The summed E-state index contributed by atoms with van der Waals surface area (Å²) in [4.78, 5) is 0. The van der Waals surface area contributed by atoms with Crippen molar-refractivity contribution in [2.75, 3.05) is 13.1 Å². The van der Waals surface area contributed by atoms with Crippen LogP contribution in [0.4, 0.5) is 0 Å². The molecule has 0 heterocycles. The van der Waals surface area contributed by atoms with Crippen molar-refractivity contribution >= 4 is 6.08 Å². The van der Waals surface area contributed by atoms with E-state index in [1.807, 2.05) is 0 Å². The Morgan fingerprint density at radius 1 is 1.11 bits per heavy atom. The van der Waals surface area contributed by atoms with Gasteiger partial charge in [-0.1, -0.05) is 63.6 Å². The largest absolute Gasteiger partial charge is 0.313 e. The van der Waals surface area contributed by atoms with Crippen molar-refractivity contribution in [3.05, 3.63) is 41.0 Å². The van der Waals surface area contributed by atoms with E-state index >= 15 is 0 Å². The van der Waals surface area contributed by atoms with Crippen molar-refractivity contribution < 1.29 is 0 Å². The van der Waals surface area contributed by atoms with Crippen LogP contribution < -0.4 is 5.32 Å². The summed E-state index contributed by atoms with van der Waals surface area (Å²) in [5, 5.41) is 3.47. The van der Waals surface area contributed by atoms with E-state index in [2.05, 4.69) is 70.3 Å². The van der Waals surface area contributed by atoms with Gasteiger partial charge in [-0.15, -0.1) is 0 Å². The van der Waals surface area contributed by atoms with Gasteiger partial charge < -0.3 is 5.32 Å². The number of hydrogen-bond donors (Lipinski definition) is 1. The Kier molecular flexibility index (Phi) is 6.14. The minimum atomic E-state index is 0.608. The third-order valence-corrected chi connectivity index (χ3v) is 2.97. The molecule has 0 bridgehead atoms. The van der Waals surface area contributed by atoms with Gasteiger partial charge in [0.15, 0.2) is 0 Å². The molecule has 0 radical (unpaired) electrons. The predicted molar refractivity (Wildman–Crippen MR) is 81.9 cm³/mol. The van der Waals surface area contributed by atoms with Gasteiger partial charge in [-0.3, -0.25) is 0 Å². The minimum Gasteiger partial charge on any atom is -0.313 e. The molecule has 1 N–H and O–H groups in total. The molecule has 1 nitrogen and oxygen atoms in total. The molecule has 1 aromatic rings. The molecule has 0 aromatic heterocycles. The zero-order valence-corrected chi connectivity index (χ0v) is 12.5. The first-order valence-corrected chi connectivity index (χ1v) is 6.97. The molecule has 0 aliphatic rings. The van der Waals surface area contributed by atoms with Gasteiger partial charge in [0.1, 0.15) is 0 Å². The molecular weight excluding hydrogens is 218 g/mol. The molecule has 0 unspecified atom stereocenters. The Hall–Kier alpha value is -1.08. The van der Waals surface area contributed by atoms with E-state index in [0.29, 0.717) is 11.8 Å². The van der Waals surface area contributed by atoms with Gasteiger partial charge in [0.25, 0.3) is 0 Å². The highest BCUT2D eigenvalue weighted by molar-refractivity contribution is 5.53. The SMILES string of the molecule is CC(=Cc1ccc(C(C)C)cc1)CNCC(C)C. The van der Waals surface area contributed by atoms with Gasteiger partial charge in [0, 0.05) is 6.54 Å². The Bertz CT molecular complexity index is 371. The third kappa shape index (κ3) is 5.50. The van der Waals surface area contributed by atoms with E-state index in [-0.39, 0.29) is 0 Å². The topological polar surface area (TPSA) is 12.0 Å². The molecule has 0 atom stereocenters. The van der Waals surface area contributed by atoms with Gasteiger partial charge in [-0.25, -0.2) is 0 Å². The maximum Gasteiger partial charge on any atom is 0.0165 e. The quantitative estimate of drug-likeness (QED) is 0.780. The smallest absolute Gasteiger partial charge is 0.0165 e. The lowest BCUT2D eigenvalue weighted by Gasteiger charge is -2.08. The highest BCUT2D eigenvalue weighted by Crippen LogP contribution is 2.16. The van der Waals surface area contributed by atoms with Crippen molar-refractivity contribution in [2.24, 2.45) is 5.92 Å². The zero-order valence-electron chi connectivity index (χ0n) is 12.5. The molecule has 1 heteroatoms. The number of benzene rings is 1. The van der Waals surface area contributed by atoms with Gasteiger partial charge >= 0.3 is 0 Å². The highest BCUT2D eigenvalue weighted by Gasteiger charge is 1.98. The Morgan fingerprint density at radius 2 is 1.72 bits per heavy atom. The van der Waals surface area contributed by atoms with Crippen LogP contribution in [0.1, 0.15) is 51.7 Å². The Balaban J connectivity index is 2.54. The molecule has 100 valence electrons. The van der Waals surface area contributed by atoms with Crippen LogP contribution in [-0.4, -0.2) is 13.1 Å². The van der Waals surface area contributed by atoms with E-state index < -0.39 is 0 Å². The summed E-state index contributed by atoms with van der Waals surface area (Å²) in [5.41, 5.74) is 4.08. The number of hydrogen-bond acceptors (Lipinski definition) is 1. The molecule has 18 heavy (non-hydrogen) atoms. The lowest BCUT2D eigenvalue weighted by molar-refractivity contribution is 0.572. The van der Waals surface area contributed by atoms with Gasteiger partial charge in [0.2, 0.25) is 0 Å². The van der Waals surface area contributed by atoms with Crippen LogP contribution in [0.25, 0.3) is 6.08 Å². The van der Waals surface area contributed by atoms with E-state index in [1.165, 1.54) is 16.7 Å². The summed E-state index contributed by atoms with van der Waals surface area (Å²) in [7, 11) is 0. The second kappa shape index (κ2) is 7.38. The number of rotatable bonds is 6. The fraction of sp³-hybridized carbons (Fsp3) is 0.529. The third-order valence-electron chi connectivity index (χ3n) is 2.97. The molecule has 0 aliphatic heterocycles. The van der Waals surface area contributed by atoms with Crippen molar-refractivity contribution in [2.45, 2.75) is 40.5 Å². The van der Waals surface area contributed by atoms with Gasteiger partial charge in [-0.05, 0) is 36.4 Å². The van der Waals surface area contributed by atoms with Gasteiger partial charge in [0.05, 0.1) is 0 Å².